The maximum atomic E-state index is 12.8. The largest absolute Gasteiger partial charge is 0.348 e. The lowest BCUT2D eigenvalue weighted by atomic mass is 9.94. The summed E-state index contributed by atoms with van der Waals surface area (Å²) in [5.74, 6) is -0.681. The van der Waals surface area contributed by atoms with Crippen molar-refractivity contribution in [3.05, 3.63) is 46.5 Å². The van der Waals surface area contributed by atoms with Gasteiger partial charge in [0.15, 0.2) is 0 Å². The molecule has 1 aliphatic carbocycles. The summed E-state index contributed by atoms with van der Waals surface area (Å²) in [6.07, 6.45) is 8.04. The zero-order valence-corrected chi connectivity index (χ0v) is 16.6. The van der Waals surface area contributed by atoms with Gasteiger partial charge in [-0.3, -0.25) is 19.3 Å². The van der Waals surface area contributed by atoms with Crippen molar-refractivity contribution in [2.75, 3.05) is 19.6 Å². The van der Waals surface area contributed by atoms with Crippen molar-refractivity contribution < 1.29 is 14.4 Å². The minimum atomic E-state index is -0.252. The van der Waals surface area contributed by atoms with Crippen LogP contribution in [0.1, 0.15) is 69.6 Å². The van der Waals surface area contributed by atoms with E-state index in [0.717, 1.165) is 51.6 Å². The molecule has 4 rings (SSSR count). The lowest BCUT2D eigenvalue weighted by Gasteiger charge is -2.29. The van der Waals surface area contributed by atoms with E-state index >= 15 is 0 Å². The molecule has 1 fully saturated rings. The SMILES string of the molecule is Cl.O=C(NCC1=CCNCC1)c1ccc2c(c1)C(=O)N(C1CCCCC1)C2=O. The van der Waals surface area contributed by atoms with E-state index in [-0.39, 0.29) is 36.2 Å². The second-order valence-corrected chi connectivity index (χ2v) is 7.53. The summed E-state index contributed by atoms with van der Waals surface area (Å²) < 4.78 is 0. The molecule has 1 aromatic rings. The van der Waals surface area contributed by atoms with Crippen LogP contribution in [0.15, 0.2) is 29.8 Å². The van der Waals surface area contributed by atoms with Crippen LogP contribution in [0.5, 0.6) is 0 Å². The first-order valence-electron chi connectivity index (χ1n) is 9.84. The van der Waals surface area contributed by atoms with Crippen molar-refractivity contribution in [2.24, 2.45) is 0 Å². The zero-order chi connectivity index (χ0) is 18.8. The summed E-state index contributed by atoms with van der Waals surface area (Å²) in [5, 5.41) is 6.15. The maximum Gasteiger partial charge on any atom is 0.261 e. The van der Waals surface area contributed by atoms with Crippen LogP contribution in [-0.2, 0) is 0 Å². The van der Waals surface area contributed by atoms with Crippen molar-refractivity contribution in [3.8, 4) is 0 Å². The van der Waals surface area contributed by atoms with Gasteiger partial charge in [-0.2, -0.15) is 0 Å². The zero-order valence-electron chi connectivity index (χ0n) is 15.8. The number of carbonyl (C=O) groups is 3. The van der Waals surface area contributed by atoms with Crippen molar-refractivity contribution in [1.82, 2.24) is 15.5 Å². The van der Waals surface area contributed by atoms with Crippen LogP contribution < -0.4 is 10.6 Å². The van der Waals surface area contributed by atoms with Gasteiger partial charge in [0, 0.05) is 24.7 Å². The Labute approximate surface area is 171 Å². The number of fused-ring (bicyclic) bond motifs is 1. The highest BCUT2D eigenvalue weighted by atomic mass is 35.5. The van der Waals surface area contributed by atoms with Gasteiger partial charge >= 0.3 is 0 Å². The summed E-state index contributed by atoms with van der Waals surface area (Å²) in [6, 6.07) is 4.83. The average molecular weight is 404 g/mol. The molecule has 0 spiro atoms. The van der Waals surface area contributed by atoms with Gasteiger partial charge in [-0.05, 0) is 44.0 Å². The minimum absolute atomic E-state index is 0. The van der Waals surface area contributed by atoms with E-state index in [2.05, 4.69) is 16.7 Å². The third-order valence-electron chi connectivity index (χ3n) is 5.75. The Hall–Kier alpha value is -2.18. The monoisotopic (exact) mass is 403 g/mol. The third-order valence-corrected chi connectivity index (χ3v) is 5.75. The Morgan fingerprint density at radius 1 is 1.11 bits per heavy atom. The number of hydrogen-bond donors (Lipinski definition) is 2. The number of nitrogens with zero attached hydrogens (tertiary/aromatic N) is 1. The molecule has 2 heterocycles. The van der Waals surface area contributed by atoms with E-state index in [4.69, 9.17) is 0 Å². The molecule has 2 aliphatic heterocycles. The van der Waals surface area contributed by atoms with E-state index in [1.165, 1.54) is 10.5 Å². The molecule has 2 N–H and O–H groups in total. The number of hydrogen-bond acceptors (Lipinski definition) is 4. The van der Waals surface area contributed by atoms with Crippen molar-refractivity contribution in [1.29, 1.82) is 0 Å². The normalized spacial score (nSPS) is 19.7. The summed E-state index contributed by atoms with van der Waals surface area (Å²) >= 11 is 0. The molecule has 0 radical (unpaired) electrons. The summed E-state index contributed by atoms with van der Waals surface area (Å²) in [7, 11) is 0. The van der Waals surface area contributed by atoms with Crippen LogP contribution in [0.25, 0.3) is 0 Å². The van der Waals surface area contributed by atoms with Crippen LogP contribution in [0.2, 0.25) is 0 Å². The molecule has 1 saturated carbocycles. The maximum absolute atomic E-state index is 12.8. The molecule has 7 heteroatoms. The Morgan fingerprint density at radius 3 is 2.57 bits per heavy atom. The van der Waals surface area contributed by atoms with E-state index in [9.17, 15) is 14.4 Å². The van der Waals surface area contributed by atoms with Crippen molar-refractivity contribution >= 4 is 30.1 Å². The molecule has 0 saturated heterocycles. The first kappa shape index (κ1) is 20.6. The van der Waals surface area contributed by atoms with E-state index in [1.807, 2.05) is 0 Å². The Kier molecular flexibility index (Phi) is 6.52. The summed E-state index contributed by atoms with van der Waals surface area (Å²) in [4.78, 5) is 39.5. The van der Waals surface area contributed by atoms with Gasteiger partial charge in [0.2, 0.25) is 0 Å². The van der Waals surface area contributed by atoms with Crippen molar-refractivity contribution in [2.45, 2.75) is 44.6 Å². The van der Waals surface area contributed by atoms with Gasteiger partial charge in [0.25, 0.3) is 17.7 Å². The number of nitrogens with one attached hydrogen (secondary N) is 2. The highest BCUT2D eigenvalue weighted by Gasteiger charge is 2.40. The lowest BCUT2D eigenvalue weighted by Crippen LogP contribution is -2.40. The third kappa shape index (κ3) is 3.98. The van der Waals surface area contributed by atoms with Gasteiger partial charge in [0.1, 0.15) is 0 Å². The Bertz CT molecular complexity index is 815. The Morgan fingerprint density at radius 2 is 1.86 bits per heavy atom. The molecule has 3 amide bonds. The highest BCUT2D eigenvalue weighted by Crippen LogP contribution is 2.31. The van der Waals surface area contributed by atoms with E-state index in [1.54, 1.807) is 18.2 Å². The number of halogens is 1. The number of imide groups is 1. The first-order valence-corrected chi connectivity index (χ1v) is 9.84. The van der Waals surface area contributed by atoms with Crippen LogP contribution in [-0.4, -0.2) is 48.3 Å². The van der Waals surface area contributed by atoms with Crippen molar-refractivity contribution in [3.63, 3.8) is 0 Å². The number of amides is 3. The molecule has 28 heavy (non-hydrogen) atoms. The topological polar surface area (TPSA) is 78.5 Å². The molecule has 0 unspecified atom stereocenters. The summed E-state index contributed by atoms with van der Waals surface area (Å²) in [6.45, 7) is 2.27. The average Bonchev–Trinajstić information content (AvgIpc) is 2.97. The molecule has 6 nitrogen and oxygen atoms in total. The molecule has 3 aliphatic rings. The van der Waals surface area contributed by atoms with E-state index < -0.39 is 0 Å². The fourth-order valence-electron chi connectivity index (χ4n) is 4.20. The second-order valence-electron chi connectivity index (χ2n) is 7.53. The fourth-order valence-corrected chi connectivity index (χ4v) is 4.20. The fraction of sp³-hybridized carbons (Fsp3) is 0.476. The molecular formula is C21H26ClN3O3. The predicted octanol–water partition coefficient (Wildman–Crippen LogP) is 2.69. The molecule has 0 aromatic heterocycles. The quantitative estimate of drug-likeness (QED) is 0.598. The molecular weight excluding hydrogens is 378 g/mol. The van der Waals surface area contributed by atoms with Gasteiger partial charge in [-0.1, -0.05) is 30.9 Å². The molecule has 0 atom stereocenters. The Balaban J connectivity index is 0.00000225. The van der Waals surface area contributed by atoms with E-state index in [0.29, 0.717) is 23.2 Å². The van der Waals surface area contributed by atoms with Gasteiger partial charge in [0.05, 0.1) is 11.1 Å². The lowest BCUT2D eigenvalue weighted by molar-refractivity contribution is 0.0549. The van der Waals surface area contributed by atoms with Crippen LogP contribution in [0.3, 0.4) is 0 Å². The van der Waals surface area contributed by atoms with Gasteiger partial charge in [-0.15, -0.1) is 12.4 Å². The second kappa shape index (κ2) is 8.88. The van der Waals surface area contributed by atoms with Crippen LogP contribution in [0, 0.1) is 0 Å². The highest BCUT2D eigenvalue weighted by molar-refractivity contribution is 6.22. The van der Waals surface area contributed by atoms with Crippen LogP contribution >= 0.6 is 12.4 Å². The minimum Gasteiger partial charge on any atom is -0.348 e. The molecule has 150 valence electrons. The van der Waals surface area contributed by atoms with Gasteiger partial charge in [-0.25, -0.2) is 0 Å². The number of carbonyl (C=O) groups excluding carboxylic acids is 3. The number of benzene rings is 1. The number of rotatable bonds is 4. The first-order chi connectivity index (χ1) is 13.1. The van der Waals surface area contributed by atoms with Gasteiger partial charge < -0.3 is 10.6 Å². The molecule has 1 aromatic carbocycles. The summed E-state index contributed by atoms with van der Waals surface area (Å²) in [5.41, 5.74) is 2.41. The predicted molar refractivity (Wildman–Crippen MR) is 109 cm³/mol. The van der Waals surface area contributed by atoms with Crippen LogP contribution in [0.4, 0.5) is 0 Å². The standard InChI is InChI=1S/C21H25N3O3.ClH/c25-19(23-13-14-8-10-22-11-9-14)15-6-7-17-18(12-15)21(27)24(20(17)26)16-4-2-1-3-5-16;/h6-8,12,16,22H,1-5,9-11,13H2,(H,23,25);1H. The smallest absolute Gasteiger partial charge is 0.261 e. The molecule has 0 bridgehead atoms.